The fourth-order valence-corrected chi connectivity index (χ4v) is 3.80. The average Bonchev–Trinajstić information content (AvgIpc) is 2.83. The molecule has 2 heterocycles. The van der Waals surface area contributed by atoms with Gasteiger partial charge < -0.3 is 19.4 Å². The van der Waals surface area contributed by atoms with Crippen molar-refractivity contribution in [3.8, 4) is 17.2 Å². The van der Waals surface area contributed by atoms with Crippen molar-refractivity contribution < 1.29 is 19.4 Å². The maximum Gasteiger partial charge on any atom is 0.173 e. The van der Waals surface area contributed by atoms with Crippen molar-refractivity contribution in [3.05, 3.63) is 23.0 Å². The third kappa shape index (κ3) is 2.54. The molecule has 24 heavy (non-hydrogen) atoms. The highest BCUT2D eigenvalue weighted by Gasteiger charge is 2.31. The SMILES string of the molecule is CC1(C)CCc2c(cc3oc(C=C4CCCCC4)c(O)c3c2O)O1. The summed E-state index contributed by atoms with van der Waals surface area (Å²) in [5.41, 5.74) is 2.28. The molecule has 2 N–H and O–H groups in total. The molecule has 1 aliphatic heterocycles. The highest BCUT2D eigenvalue weighted by molar-refractivity contribution is 5.95. The van der Waals surface area contributed by atoms with Gasteiger partial charge in [0.25, 0.3) is 0 Å². The summed E-state index contributed by atoms with van der Waals surface area (Å²) in [5.74, 6) is 1.22. The van der Waals surface area contributed by atoms with Crippen LogP contribution in [0.1, 0.15) is 63.7 Å². The van der Waals surface area contributed by atoms with Crippen LogP contribution in [0.2, 0.25) is 0 Å². The first-order valence-corrected chi connectivity index (χ1v) is 8.83. The van der Waals surface area contributed by atoms with Crippen LogP contribution in [0.4, 0.5) is 0 Å². The lowest BCUT2D eigenvalue weighted by Gasteiger charge is -2.32. The van der Waals surface area contributed by atoms with Crippen molar-refractivity contribution in [2.45, 2.75) is 64.4 Å². The van der Waals surface area contributed by atoms with Crippen molar-refractivity contribution in [3.63, 3.8) is 0 Å². The second-order valence-electron chi connectivity index (χ2n) is 7.61. The van der Waals surface area contributed by atoms with Crippen LogP contribution in [-0.2, 0) is 6.42 Å². The number of fused-ring (bicyclic) bond motifs is 2. The van der Waals surface area contributed by atoms with Crippen molar-refractivity contribution in [2.75, 3.05) is 0 Å². The van der Waals surface area contributed by atoms with E-state index in [2.05, 4.69) is 0 Å². The molecular weight excluding hydrogens is 304 g/mol. The van der Waals surface area contributed by atoms with Gasteiger partial charge in [-0.3, -0.25) is 0 Å². The molecule has 0 radical (unpaired) electrons. The first-order chi connectivity index (χ1) is 11.4. The van der Waals surface area contributed by atoms with E-state index in [0.717, 1.165) is 31.2 Å². The van der Waals surface area contributed by atoms with Crippen molar-refractivity contribution >= 4 is 17.0 Å². The van der Waals surface area contributed by atoms with Gasteiger partial charge in [0.15, 0.2) is 11.5 Å². The van der Waals surface area contributed by atoms with Crippen molar-refractivity contribution in [2.24, 2.45) is 0 Å². The van der Waals surface area contributed by atoms with Gasteiger partial charge >= 0.3 is 0 Å². The maximum absolute atomic E-state index is 10.6. The standard InChI is InChI=1S/C20H24O4/c1-20(2)9-8-13-14(24-20)11-15-17(18(13)21)19(22)16(23-15)10-12-6-4-3-5-7-12/h10-11,21-22H,3-9H2,1-2H3. The topological polar surface area (TPSA) is 62.8 Å². The minimum Gasteiger partial charge on any atom is -0.507 e. The van der Waals surface area contributed by atoms with Crippen LogP contribution >= 0.6 is 0 Å². The fourth-order valence-electron chi connectivity index (χ4n) is 3.80. The van der Waals surface area contributed by atoms with Crippen LogP contribution in [0.25, 0.3) is 17.0 Å². The number of rotatable bonds is 1. The molecule has 1 aromatic heterocycles. The Balaban J connectivity index is 1.82. The van der Waals surface area contributed by atoms with E-state index in [-0.39, 0.29) is 17.1 Å². The molecule has 4 nitrogen and oxygen atoms in total. The molecule has 0 spiro atoms. The first kappa shape index (κ1) is 15.4. The Kier molecular flexibility index (Phi) is 3.52. The second kappa shape index (κ2) is 5.47. The molecule has 4 heteroatoms. The molecule has 1 fully saturated rings. The summed E-state index contributed by atoms with van der Waals surface area (Å²) in [4.78, 5) is 0. The number of benzene rings is 1. The molecule has 4 rings (SSSR count). The monoisotopic (exact) mass is 328 g/mol. The van der Waals surface area contributed by atoms with Crippen molar-refractivity contribution in [1.29, 1.82) is 0 Å². The zero-order valence-electron chi connectivity index (χ0n) is 14.3. The lowest BCUT2D eigenvalue weighted by Crippen LogP contribution is -2.32. The maximum atomic E-state index is 10.6. The van der Waals surface area contributed by atoms with E-state index in [9.17, 15) is 10.2 Å². The molecule has 0 bridgehead atoms. The number of phenols is 1. The summed E-state index contributed by atoms with van der Waals surface area (Å²) in [5, 5.41) is 21.6. The normalized spacial score (nSPS) is 19.8. The van der Waals surface area contributed by atoms with Gasteiger partial charge in [-0.05, 0) is 58.4 Å². The van der Waals surface area contributed by atoms with E-state index in [0.29, 0.717) is 22.5 Å². The van der Waals surface area contributed by atoms with E-state index < -0.39 is 0 Å². The number of aromatic hydroxyl groups is 2. The summed E-state index contributed by atoms with van der Waals surface area (Å²) in [6, 6.07) is 1.80. The second-order valence-corrected chi connectivity index (χ2v) is 7.61. The number of hydrogen-bond donors (Lipinski definition) is 2. The lowest BCUT2D eigenvalue weighted by molar-refractivity contribution is 0.0839. The van der Waals surface area contributed by atoms with Crippen LogP contribution in [0.5, 0.6) is 17.2 Å². The molecule has 0 saturated heterocycles. The third-order valence-corrected chi connectivity index (χ3v) is 5.21. The molecule has 0 amide bonds. The molecule has 1 aliphatic carbocycles. The summed E-state index contributed by atoms with van der Waals surface area (Å²) in [7, 11) is 0. The Hall–Kier alpha value is -2.10. The van der Waals surface area contributed by atoms with Crippen molar-refractivity contribution in [1.82, 2.24) is 0 Å². The van der Waals surface area contributed by atoms with Gasteiger partial charge in [-0.2, -0.15) is 0 Å². The highest BCUT2D eigenvalue weighted by atomic mass is 16.5. The lowest BCUT2D eigenvalue weighted by atomic mass is 9.92. The van der Waals surface area contributed by atoms with Gasteiger partial charge in [-0.25, -0.2) is 0 Å². The Morgan fingerprint density at radius 3 is 2.54 bits per heavy atom. The summed E-state index contributed by atoms with van der Waals surface area (Å²) in [6.07, 6.45) is 9.25. The van der Waals surface area contributed by atoms with E-state index >= 15 is 0 Å². The van der Waals surface area contributed by atoms with E-state index in [1.807, 2.05) is 19.9 Å². The third-order valence-electron chi connectivity index (χ3n) is 5.21. The number of furan rings is 1. The number of ether oxygens (including phenoxy) is 1. The average molecular weight is 328 g/mol. The number of hydrogen-bond acceptors (Lipinski definition) is 4. The van der Waals surface area contributed by atoms with E-state index in [1.165, 1.54) is 24.8 Å². The predicted octanol–water partition coefficient (Wildman–Crippen LogP) is 5.30. The summed E-state index contributed by atoms with van der Waals surface area (Å²) < 4.78 is 11.8. The quantitative estimate of drug-likeness (QED) is 0.746. The Morgan fingerprint density at radius 1 is 1.04 bits per heavy atom. The van der Waals surface area contributed by atoms with Crippen LogP contribution < -0.4 is 4.74 Å². The molecule has 0 unspecified atom stereocenters. The summed E-state index contributed by atoms with van der Waals surface area (Å²) >= 11 is 0. The van der Waals surface area contributed by atoms with Gasteiger partial charge in [0.05, 0.1) is 0 Å². The molecule has 2 aromatic rings. The molecule has 128 valence electrons. The zero-order valence-corrected chi connectivity index (χ0v) is 14.3. The highest BCUT2D eigenvalue weighted by Crippen LogP contribution is 2.48. The van der Waals surface area contributed by atoms with Crippen LogP contribution in [0, 0.1) is 0 Å². The van der Waals surface area contributed by atoms with Crippen LogP contribution in [0.3, 0.4) is 0 Å². The van der Waals surface area contributed by atoms with Gasteiger partial charge in [-0.15, -0.1) is 0 Å². The van der Waals surface area contributed by atoms with Gasteiger partial charge in [0.2, 0.25) is 0 Å². The minimum absolute atomic E-state index is 0.0354. The minimum atomic E-state index is -0.255. The molecule has 0 atom stereocenters. The van der Waals surface area contributed by atoms with E-state index in [4.69, 9.17) is 9.15 Å². The van der Waals surface area contributed by atoms with E-state index in [1.54, 1.807) is 6.07 Å². The van der Waals surface area contributed by atoms with Crippen LogP contribution in [-0.4, -0.2) is 15.8 Å². The molecule has 1 aromatic carbocycles. The van der Waals surface area contributed by atoms with Gasteiger partial charge in [-0.1, -0.05) is 12.0 Å². The smallest absolute Gasteiger partial charge is 0.173 e. The first-order valence-electron chi connectivity index (χ1n) is 8.83. The zero-order chi connectivity index (χ0) is 16.9. The van der Waals surface area contributed by atoms with Gasteiger partial charge in [0.1, 0.15) is 28.1 Å². The van der Waals surface area contributed by atoms with Crippen LogP contribution in [0.15, 0.2) is 16.1 Å². The molecular formula is C20H24O4. The Morgan fingerprint density at radius 2 is 1.79 bits per heavy atom. The fraction of sp³-hybridized carbons (Fsp3) is 0.500. The number of allylic oxidation sites excluding steroid dienone is 1. The predicted molar refractivity (Wildman–Crippen MR) is 93.6 cm³/mol. The number of phenolic OH excluding ortho intramolecular Hbond substituents is 1. The van der Waals surface area contributed by atoms with Gasteiger partial charge in [0, 0.05) is 11.6 Å². The largest absolute Gasteiger partial charge is 0.507 e. The molecule has 2 aliphatic rings. The molecule has 1 saturated carbocycles. The summed E-state index contributed by atoms with van der Waals surface area (Å²) in [6.45, 7) is 4.07. The Bertz CT molecular complexity index is 818. The Labute approximate surface area is 141 Å².